The first-order valence-electron chi connectivity index (χ1n) is 10.1. The highest BCUT2D eigenvalue weighted by atomic mass is 16.3. The van der Waals surface area contributed by atoms with E-state index in [1.807, 2.05) is 0 Å². The molecule has 3 fully saturated rings. The largest absolute Gasteiger partial charge is 0.393 e. The molecule has 0 aliphatic heterocycles. The molecule has 0 heterocycles. The maximum Gasteiger partial charge on any atom is 0.0571 e. The van der Waals surface area contributed by atoms with Gasteiger partial charge < -0.3 is 5.11 Å². The summed E-state index contributed by atoms with van der Waals surface area (Å²) in [6.45, 7) is 12.4. The molecule has 0 amide bonds. The Balaban J connectivity index is 1.69. The predicted molar refractivity (Wildman–Crippen MR) is 96.0 cm³/mol. The second-order valence-electron chi connectivity index (χ2n) is 10.2. The summed E-state index contributed by atoms with van der Waals surface area (Å²) in [5.41, 5.74) is 2.94. The Morgan fingerprint density at radius 2 is 1.65 bits per heavy atom. The van der Waals surface area contributed by atoms with Crippen molar-refractivity contribution in [1.29, 1.82) is 0 Å². The molecule has 4 aliphatic carbocycles. The summed E-state index contributed by atoms with van der Waals surface area (Å²) in [5, 5.41) is 10.5. The van der Waals surface area contributed by atoms with Gasteiger partial charge in [-0.1, -0.05) is 39.3 Å². The van der Waals surface area contributed by atoms with Gasteiger partial charge in [0.25, 0.3) is 0 Å². The van der Waals surface area contributed by atoms with Crippen LogP contribution in [0.1, 0.15) is 79.6 Å². The molecule has 0 spiro atoms. The molecule has 3 saturated carbocycles. The highest BCUT2D eigenvalue weighted by molar-refractivity contribution is 5.24. The van der Waals surface area contributed by atoms with E-state index in [0.29, 0.717) is 22.2 Å². The van der Waals surface area contributed by atoms with Crippen molar-refractivity contribution in [3.05, 3.63) is 11.6 Å². The minimum atomic E-state index is -0.0751. The second kappa shape index (κ2) is 4.87. The zero-order valence-corrected chi connectivity index (χ0v) is 15.9. The minimum Gasteiger partial charge on any atom is -0.393 e. The van der Waals surface area contributed by atoms with Crippen molar-refractivity contribution in [2.24, 2.45) is 39.9 Å². The molecule has 130 valence electrons. The van der Waals surface area contributed by atoms with Crippen molar-refractivity contribution < 1.29 is 5.11 Å². The Hall–Kier alpha value is -0.300. The molecule has 0 aromatic carbocycles. The minimum absolute atomic E-state index is 0.0751. The summed E-state index contributed by atoms with van der Waals surface area (Å²) in [5.74, 6) is 3.15. The Kier molecular flexibility index (Phi) is 3.43. The highest BCUT2D eigenvalue weighted by Gasteiger charge is 2.63. The topological polar surface area (TPSA) is 20.2 Å². The molecule has 1 nitrogen and oxygen atoms in total. The molecule has 0 aromatic heterocycles. The van der Waals surface area contributed by atoms with Crippen LogP contribution in [-0.4, -0.2) is 11.2 Å². The lowest BCUT2D eigenvalue weighted by Crippen LogP contribution is -2.61. The zero-order valence-electron chi connectivity index (χ0n) is 15.9. The average molecular weight is 317 g/mol. The molecule has 0 radical (unpaired) electrons. The number of fused-ring (bicyclic) bond motifs is 5. The van der Waals surface area contributed by atoms with E-state index in [0.717, 1.165) is 24.2 Å². The number of aliphatic hydroxyl groups is 1. The average Bonchev–Trinajstić information content (AvgIpc) is 2.82. The maximum atomic E-state index is 10.5. The van der Waals surface area contributed by atoms with Gasteiger partial charge in [0.2, 0.25) is 0 Å². The molecular weight excluding hydrogens is 280 g/mol. The number of hydrogen-bond acceptors (Lipinski definition) is 1. The monoisotopic (exact) mass is 316 g/mol. The Morgan fingerprint density at radius 1 is 0.957 bits per heavy atom. The molecule has 8 unspecified atom stereocenters. The summed E-state index contributed by atoms with van der Waals surface area (Å²) in [7, 11) is 0. The fourth-order valence-corrected chi connectivity index (χ4v) is 7.78. The van der Waals surface area contributed by atoms with E-state index in [4.69, 9.17) is 0 Å². The quantitative estimate of drug-likeness (QED) is 0.578. The maximum absolute atomic E-state index is 10.5. The molecule has 0 bridgehead atoms. The van der Waals surface area contributed by atoms with E-state index >= 15 is 0 Å². The smallest absolute Gasteiger partial charge is 0.0571 e. The molecule has 4 rings (SSSR count). The zero-order chi connectivity index (χ0) is 16.6. The lowest BCUT2D eigenvalue weighted by molar-refractivity contribution is -0.192. The molecule has 1 N–H and O–H groups in total. The lowest BCUT2D eigenvalue weighted by Gasteiger charge is -2.67. The van der Waals surface area contributed by atoms with Gasteiger partial charge >= 0.3 is 0 Å². The van der Waals surface area contributed by atoms with Crippen molar-refractivity contribution in [1.82, 2.24) is 0 Å². The van der Waals surface area contributed by atoms with Gasteiger partial charge in [0.05, 0.1) is 6.10 Å². The van der Waals surface area contributed by atoms with Crippen LogP contribution in [0.3, 0.4) is 0 Å². The van der Waals surface area contributed by atoms with Crippen LogP contribution in [0.4, 0.5) is 0 Å². The van der Waals surface area contributed by atoms with E-state index in [1.54, 1.807) is 5.57 Å². The van der Waals surface area contributed by atoms with E-state index in [-0.39, 0.29) is 6.10 Å². The van der Waals surface area contributed by atoms with Gasteiger partial charge in [0.15, 0.2) is 0 Å². The van der Waals surface area contributed by atoms with Gasteiger partial charge in [-0.15, -0.1) is 0 Å². The number of allylic oxidation sites excluding steroid dienone is 2. The summed E-state index contributed by atoms with van der Waals surface area (Å²) in [6.07, 6.45) is 11.6. The van der Waals surface area contributed by atoms with Crippen LogP contribution < -0.4 is 0 Å². The van der Waals surface area contributed by atoms with Crippen LogP contribution in [0.5, 0.6) is 0 Å². The van der Waals surface area contributed by atoms with Gasteiger partial charge in [0.1, 0.15) is 0 Å². The normalized spacial score (nSPS) is 58.9. The van der Waals surface area contributed by atoms with E-state index in [9.17, 15) is 5.11 Å². The first kappa shape index (κ1) is 16.2. The van der Waals surface area contributed by atoms with Crippen molar-refractivity contribution >= 4 is 0 Å². The second-order valence-corrected chi connectivity index (χ2v) is 10.2. The van der Waals surface area contributed by atoms with Gasteiger partial charge in [-0.2, -0.15) is 0 Å². The standard InChI is InChI=1S/C22H36O/c1-14-6-7-17-16-8-12-21(4)15(2)19(23)10-13-22(21,5)18(16)9-11-20(14,17)3/h6,15-19,23H,7-13H2,1-5H3. The van der Waals surface area contributed by atoms with Crippen molar-refractivity contribution in [3.63, 3.8) is 0 Å². The van der Waals surface area contributed by atoms with Crippen LogP contribution in [0.15, 0.2) is 11.6 Å². The summed E-state index contributed by atoms with van der Waals surface area (Å²) >= 11 is 0. The van der Waals surface area contributed by atoms with Crippen LogP contribution in [0.25, 0.3) is 0 Å². The SMILES string of the molecule is CC1=CCC2C3CCC4(C)C(C)C(O)CCC4(C)C3CCC12C. The molecule has 1 heteroatoms. The molecule has 0 saturated heterocycles. The van der Waals surface area contributed by atoms with Crippen LogP contribution in [0, 0.1) is 39.9 Å². The highest BCUT2D eigenvalue weighted by Crippen LogP contribution is 2.70. The summed E-state index contributed by atoms with van der Waals surface area (Å²) < 4.78 is 0. The van der Waals surface area contributed by atoms with Crippen LogP contribution >= 0.6 is 0 Å². The molecule has 23 heavy (non-hydrogen) atoms. The Morgan fingerprint density at radius 3 is 2.39 bits per heavy atom. The van der Waals surface area contributed by atoms with Crippen LogP contribution in [0.2, 0.25) is 0 Å². The third kappa shape index (κ3) is 1.84. The van der Waals surface area contributed by atoms with E-state index in [1.165, 1.54) is 38.5 Å². The summed E-state index contributed by atoms with van der Waals surface area (Å²) in [4.78, 5) is 0. The Bertz CT molecular complexity index is 536. The lowest BCUT2D eigenvalue weighted by atomic mass is 9.38. The predicted octanol–water partition coefficient (Wildman–Crippen LogP) is 5.58. The van der Waals surface area contributed by atoms with Crippen molar-refractivity contribution in [2.75, 3.05) is 0 Å². The molecular formula is C22H36O. The first-order chi connectivity index (χ1) is 10.7. The molecule has 4 aliphatic rings. The van der Waals surface area contributed by atoms with Gasteiger partial charge in [-0.05, 0) is 91.8 Å². The van der Waals surface area contributed by atoms with E-state index < -0.39 is 0 Å². The Labute approximate surface area is 142 Å². The number of rotatable bonds is 0. The third-order valence-corrected chi connectivity index (χ3v) is 10.1. The third-order valence-electron chi connectivity index (χ3n) is 10.1. The number of hydrogen-bond donors (Lipinski definition) is 1. The van der Waals surface area contributed by atoms with Gasteiger partial charge in [-0.3, -0.25) is 0 Å². The van der Waals surface area contributed by atoms with Crippen molar-refractivity contribution in [2.45, 2.75) is 85.7 Å². The summed E-state index contributed by atoms with van der Waals surface area (Å²) in [6, 6.07) is 0. The van der Waals surface area contributed by atoms with Gasteiger partial charge in [0, 0.05) is 0 Å². The fraction of sp³-hybridized carbons (Fsp3) is 0.909. The molecule has 0 aromatic rings. The van der Waals surface area contributed by atoms with Crippen molar-refractivity contribution in [3.8, 4) is 0 Å². The first-order valence-corrected chi connectivity index (χ1v) is 10.1. The fourth-order valence-electron chi connectivity index (χ4n) is 7.78. The van der Waals surface area contributed by atoms with Crippen LogP contribution in [-0.2, 0) is 0 Å². The van der Waals surface area contributed by atoms with E-state index in [2.05, 4.69) is 40.7 Å². The molecule has 8 atom stereocenters. The van der Waals surface area contributed by atoms with Gasteiger partial charge in [-0.25, -0.2) is 0 Å². The number of aliphatic hydroxyl groups excluding tert-OH is 1.